The van der Waals surface area contributed by atoms with Gasteiger partial charge in [0.05, 0.1) is 0 Å². The van der Waals surface area contributed by atoms with Crippen LogP contribution in [0.2, 0.25) is 0 Å². The zero-order chi connectivity index (χ0) is 10.0. The SMILES string of the molecule is CC1(C)CCCC1NC1C=CCCC1. The van der Waals surface area contributed by atoms with E-state index in [1.807, 2.05) is 0 Å². The van der Waals surface area contributed by atoms with Crippen LogP contribution in [0.5, 0.6) is 0 Å². The fourth-order valence-corrected chi connectivity index (χ4v) is 2.85. The Labute approximate surface area is 88.0 Å². The Hall–Kier alpha value is -0.300. The van der Waals surface area contributed by atoms with Crippen molar-refractivity contribution in [3.63, 3.8) is 0 Å². The summed E-state index contributed by atoms with van der Waals surface area (Å²) in [6, 6.07) is 1.40. The standard InChI is InChI=1S/C13H23N/c1-13(2)10-6-9-12(13)14-11-7-4-3-5-8-11/h4,7,11-12,14H,3,5-6,8-10H2,1-2H3. The maximum atomic E-state index is 3.82. The maximum absolute atomic E-state index is 3.82. The summed E-state index contributed by atoms with van der Waals surface area (Å²) in [7, 11) is 0. The van der Waals surface area contributed by atoms with E-state index in [1.54, 1.807) is 0 Å². The third-order valence-electron chi connectivity index (χ3n) is 3.93. The molecule has 0 aliphatic heterocycles. The van der Waals surface area contributed by atoms with Gasteiger partial charge in [0, 0.05) is 12.1 Å². The van der Waals surface area contributed by atoms with Crippen molar-refractivity contribution < 1.29 is 0 Å². The molecule has 0 amide bonds. The third-order valence-corrected chi connectivity index (χ3v) is 3.93. The molecule has 2 aliphatic carbocycles. The summed E-state index contributed by atoms with van der Waals surface area (Å²) < 4.78 is 0. The number of allylic oxidation sites excluding steroid dienone is 1. The van der Waals surface area contributed by atoms with Gasteiger partial charge in [-0.1, -0.05) is 32.4 Å². The molecule has 80 valence electrons. The monoisotopic (exact) mass is 193 g/mol. The molecule has 1 saturated carbocycles. The highest BCUT2D eigenvalue weighted by atomic mass is 15.0. The van der Waals surface area contributed by atoms with Gasteiger partial charge in [-0.3, -0.25) is 0 Å². The molecule has 2 aliphatic rings. The summed E-state index contributed by atoms with van der Waals surface area (Å²) in [6.45, 7) is 4.81. The van der Waals surface area contributed by atoms with Crippen LogP contribution in [0.25, 0.3) is 0 Å². The number of nitrogens with one attached hydrogen (secondary N) is 1. The van der Waals surface area contributed by atoms with Crippen molar-refractivity contribution in [1.82, 2.24) is 5.32 Å². The second kappa shape index (κ2) is 4.06. The van der Waals surface area contributed by atoms with E-state index >= 15 is 0 Å². The van der Waals surface area contributed by atoms with Crippen LogP contribution < -0.4 is 5.32 Å². The van der Waals surface area contributed by atoms with Gasteiger partial charge in [-0.2, -0.15) is 0 Å². The zero-order valence-electron chi connectivity index (χ0n) is 9.55. The number of hydrogen-bond acceptors (Lipinski definition) is 1. The minimum absolute atomic E-state index is 0.519. The maximum Gasteiger partial charge on any atom is 0.0252 e. The normalized spacial score (nSPS) is 36.1. The molecule has 0 aromatic carbocycles. The lowest BCUT2D eigenvalue weighted by Crippen LogP contribution is -2.43. The van der Waals surface area contributed by atoms with E-state index in [4.69, 9.17) is 0 Å². The minimum Gasteiger partial charge on any atom is -0.307 e. The number of hydrogen-bond donors (Lipinski definition) is 1. The molecule has 1 heteroatoms. The lowest BCUT2D eigenvalue weighted by atomic mass is 9.86. The quantitative estimate of drug-likeness (QED) is 0.664. The van der Waals surface area contributed by atoms with Crippen molar-refractivity contribution in [2.24, 2.45) is 5.41 Å². The molecule has 0 spiro atoms. The highest BCUT2D eigenvalue weighted by Crippen LogP contribution is 2.37. The Kier molecular flexibility index (Phi) is 2.96. The van der Waals surface area contributed by atoms with Crippen LogP contribution in [-0.2, 0) is 0 Å². The van der Waals surface area contributed by atoms with Crippen molar-refractivity contribution in [2.75, 3.05) is 0 Å². The van der Waals surface area contributed by atoms with Crippen LogP contribution in [-0.4, -0.2) is 12.1 Å². The van der Waals surface area contributed by atoms with Crippen LogP contribution in [0.3, 0.4) is 0 Å². The van der Waals surface area contributed by atoms with E-state index in [2.05, 4.69) is 31.3 Å². The lowest BCUT2D eigenvalue weighted by molar-refractivity contribution is 0.266. The highest BCUT2D eigenvalue weighted by molar-refractivity contribution is 5.01. The van der Waals surface area contributed by atoms with E-state index < -0.39 is 0 Å². The molecule has 1 N–H and O–H groups in total. The molecule has 14 heavy (non-hydrogen) atoms. The highest BCUT2D eigenvalue weighted by Gasteiger charge is 2.35. The smallest absolute Gasteiger partial charge is 0.0252 e. The molecule has 2 atom stereocenters. The summed E-state index contributed by atoms with van der Waals surface area (Å²) in [5.41, 5.74) is 0.519. The first-order chi connectivity index (χ1) is 6.68. The first-order valence-corrected chi connectivity index (χ1v) is 6.11. The second-order valence-corrected chi connectivity index (χ2v) is 5.57. The van der Waals surface area contributed by atoms with E-state index in [1.165, 1.54) is 38.5 Å². The summed E-state index contributed by atoms with van der Waals surface area (Å²) in [4.78, 5) is 0. The van der Waals surface area contributed by atoms with Crippen molar-refractivity contribution in [3.05, 3.63) is 12.2 Å². The van der Waals surface area contributed by atoms with Crippen molar-refractivity contribution in [2.45, 2.75) is 64.5 Å². The lowest BCUT2D eigenvalue weighted by Gasteiger charge is -2.32. The van der Waals surface area contributed by atoms with Gasteiger partial charge >= 0.3 is 0 Å². The van der Waals surface area contributed by atoms with E-state index in [0.717, 1.165) is 6.04 Å². The summed E-state index contributed by atoms with van der Waals surface area (Å²) in [6.07, 6.45) is 12.9. The van der Waals surface area contributed by atoms with Gasteiger partial charge in [0.1, 0.15) is 0 Å². The fourth-order valence-electron chi connectivity index (χ4n) is 2.85. The summed E-state index contributed by atoms with van der Waals surface area (Å²) in [5, 5.41) is 3.82. The topological polar surface area (TPSA) is 12.0 Å². The first kappa shape index (κ1) is 10.2. The summed E-state index contributed by atoms with van der Waals surface area (Å²) in [5.74, 6) is 0. The Morgan fingerprint density at radius 2 is 2.07 bits per heavy atom. The van der Waals surface area contributed by atoms with Crippen LogP contribution in [0.4, 0.5) is 0 Å². The molecule has 0 aromatic heterocycles. The fraction of sp³-hybridized carbons (Fsp3) is 0.846. The Bertz CT molecular complexity index is 217. The zero-order valence-corrected chi connectivity index (χ0v) is 9.55. The van der Waals surface area contributed by atoms with Crippen LogP contribution >= 0.6 is 0 Å². The van der Waals surface area contributed by atoms with Crippen LogP contribution in [0.15, 0.2) is 12.2 Å². The molecule has 0 heterocycles. The van der Waals surface area contributed by atoms with Crippen LogP contribution in [0.1, 0.15) is 52.4 Å². The van der Waals surface area contributed by atoms with E-state index in [9.17, 15) is 0 Å². The Balaban J connectivity index is 1.90. The predicted molar refractivity (Wildman–Crippen MR) is 61.3 cm³/mol. The van der Waals surface area contributed by atoms with Gasteiger partial charge in [0.15, 0.2) is 0 Å². The molecule has 1 nitrogen and oxygen atoms in total. The largest absolute Gasteiger partial charge is 0.307 e. The van der Waals surface area contributed by atoms with Gasteiger partial charge < -0.3 is 5.32 Å². The average Bonchev–Trinajstić information content (AvgIpc) is 2.48. The second-order valence-electron chi connectivity index (χ2n) is 5.57. The first-order valence-electron chi connectivity index (χ1n) is 6.11. The van der Waals surface area contributed by atoms with Gasteiger partial charge in [-0.15, -0.1) is 0 Å². The van der Waals surface area contributed by atoms with Crippen LogP contribution in [0, 0.1) is 5.41 Å². The molecule has 0 bridgehead atoms. The molecular formula is C13H23N. The Morgan fingerprint density at radius 1 is 1.21 bits per heavy atom. The van der Waals surface area contributed by atoms with Gasteiger partial charge in [0.2, 0.25) is 0 Å². The Morgan fingerprint density at radius 3 is 2.64 bits per heavy atom. The molecule has 0 saturated heterocycles. The predicted octanol–water partition coefficient (Wildman–Crippen LogP) is 3.26. The summed E-state index contributed by atoms with van der Waals surface area (Å²) >= 11 is 0. The average molecular weight is 193 g/mol. The molecule has 0 aromatic rings. The molecule has 2 rings (SSSR count). The molecular weight excluding hydrogens is 170 g/mol. The van der Waals surface area contributed by atoms with Gasteiger partial charge in [-0.25, -0.2) is 0 Å². The molecule has 1 fully saturated rings. The van der Waals surface area contributed by atoms with Gasteiger partial charge in [0.25, 0.3) is 0 Å². The minimum atomic E-state index is 0.519. The third kappa shape index (κ3) is 2.20. The van der Waals surface area contributed by atoms with Gasteiger partial charge in [-0.05, 0) is 37.5 Å². The molecule has 2 unspecified atom stereocenters. The van der Waals surface area contributed by atoms with Crippen molar-refractivity contribution >= 4 is 0 Å². The van der Waals surface area contributed by atoms with Crippen molar-refractivity contribution in [3.8, 4) is 0 Å². The van der Waals surface area contributed by atoms with E-state index in [-0.39, 0.29) is 0 Å². The van der Waals surface area contributed by atoms with E-state index in [0.29, 0.717) is 11.5 Å². The molecule has 0 radical (unpaired) electrons. The van der Waals surface area contributed by atoms with Crippen molar-refractivity contribution in [1.29, 1.82) is 0 Å². The number of rotatable bonds is 2.